The molecular formula is C21H21N3O. The maximum Gasteiger partial charge on any atom is 0.252 e. The zero-order chi connectivity index (χ0) is 17.2. The minimum absolute atomic E-state index is 0.0114. The average molecular weight is 331 g/mol. The molecule has 3 aromatic rings. The molecule has 1 aliphatic carbocycles. The highest BCUT2D eigenvalue weighted by Crippen LogP contribution is 2.38. The van der Waals surface area contributed by atoms with E-state index in [1.54, 1.807) is 0 Å². The summed E-state index contributed by atoms with van der Waals surface area (Å²) < 4.78 is 0. The second-order valence-electron chi connectivity index (χ2n) is 7.80. The standard InChI is InChI=1S/C21H21N3O/c1-21(2)17-10-13(6-7-15(17)20(25)24-21)16-11-22-19-14(16)8-9-18(23-19)12-4-3-5-12/h6-12H,3-5H2,1-2H3,(H,22,23)(H,24,25). The van der Waals surface area contributed by atoms with Gasteiger partial charge in [0, 0.05) is 34.3 Å². The third-order valence-corrected chi connectivity index (χ3v) is 5.76. The normalized spacial score (nSPS) is 18.9. The van der Waals surface area contributed by atoms with Crippen LogP contribution < -0.4 is 5.32 Å². The van der Waals surface area contributed by atoms with Crippen LogP contribution >= 0.6 is 0 Å². The summed E-state index contributed by atoms with van der Waals surface area (Å²) in [4.78, 5) is 20.3. The maximum absolute atomic E-state index is 12.1. The van der Waals surface area contributed by atoms with Crippen LogP contribution in [-0.2, 0) is 5.54 Å². The highest BCUT2D eigenvalue weighted by atomic mass is 16.2. The van der Waals surface area contributed by atoms with Gasteiger partial charge in [0.1, 0.15) is 5.65 Å². The van der Waals surface area contributed by atoms with Gasteiger partial charge in [0.2, 0.25) is 0 Å². The first-order chi connectivity index (χ1) is 12.0. The largest absolute Gasteiger partial charge is 0.346 e. The van der Waals surface area contributed by atoms with E-state index in [0.717, 1.165) is 33.3 Å². The molecule has 0 spiro atoms. The predicted molar refractivity (Wildman–Crippen MR) is 98.6 cm³/mol. The zero-order valence-corrected chi connectivity index (χ0v) is 14.5. The molecule has 4 nitrogen and oxygen atoms in total. The smallest absolute Gasteiger partial charge is 0.252 e. The van der Waals surface area contributed by atoms with Crippen LogP contribution in [0.1, 0.15) is 60.6 Å². The Bertz CT molecular complexity index is 1010. The predicted octanol–water partition coefficient (Wildman–Crippen LogP) is 4.48. The van der Waals surface area contributed by atoms with Crippen molar-refractivity contribution in [3.05, 3.63) is 53.3 Å². The van der Waals surface area contributed by atoms with Crippen LogP contribution in [0.15, 0.2) is 36.5 Å². The Morgan fingerprint density at radius 3 is 2.72 bits per heavy atom. The topological polar surface area (TPSA) is 57.8 Å². The van der Waals surface area contributed by atoms with Gasteiger partial charge >= 0.3 is 0 Å². The van der Waals surface area contributed by atoms with Crippen molar-refractivity contribution in [1.29, 1.82) is 0 Å². The second kappa shape index (κ2) is 4.94. The molecule has 0 radical (unpaired) electrons. The van der Waals surface area contributed by atoms with E-state index in [4.69, 9.17) is 4.98 Å². The molecule has 0 bridgehead atoms. The summed E-state index contributed by atoms with van der Waals surface area (Å²) in [5.41, 5.74) is 5.92. The monoisotopic (exact) mass is 331 g/mol. The van der Waals surface area contributed by atoms with Gasteiger partial charge in [-0.05, 0) is 62.1 Å². The fourth-order valence-corrected chi connectivity index (χ4v) is 4.04. The fourth-order valence-electron chi connectivity index (χ4n) is 4.04. The van der Waals surface area contributed by atoms with Gasteiger partial charge in [-0.3, -0.25) is 4.79 Å². The summed E-state index contributed by atoms with van der Waals surface area (Å²) in [7, 11) is 0. The van der Waals surface area contributed by atoms with Crippen molar-refractivity contribution < 1.29 is 4.79 Å². The Hall–Kier alpha value is -2.62. The number of hydrogen-bond acceptors (Lipinski definition) is 2. The highest BCUT2D eigenvalue weighted by molar-refractivity contribution is 6.01. The van der Waals surface area contributed by atoms with Crippen LogP contribution in [-0.4, -0.2) is 15.9 Å². The van der Waals surface area contributed by atoms with Crippen molar-refractivity contribution in [3.8, 4) is 11.1 Å². The third-order valence-electron chi connectivity index (χ3n) is 5.76. The van der Waals surface area contributed by atoms with E-state index in [1.165, 1.54) is 25.0 Å². The Kier molecular flexibility index (Phi) is 2.91. The average Bonchev–Trinajstić information content (AvgIpc) is 3.04. The molecule has 1 saturated carbocycles. The van der Waals surface area contributed by atoms with Gasteiger partial charge in [-0.2, -0.15) is 0 Å². The summed E-state index contributed by atoms with van der Waals surface area (Å²) in [6.07, 6.45) is 5.86. The van der Waals surface area contributed by atoms with Gasteiger partial charge in [-0.15, -0.1) is 0 Å². The van der Waals surface area contributed by atoms with Crippen LogP contribution in [0.4, 0.5) is 0 Å². The van der Waals surface area contributed by atoms with Crippen molar-refractivity contribution in [2.75, 3.05) is 0 Å². The molecular weight excluding hydrogens is 310 g/mol. The zero-order valence-electron chi connectivity index (χ0n) is 14.5. The molecule has 25 heavy (non-hydrogen) atoms. The second-order valence-corrected chi connectivity index (χ2v) is 7.80. The van der Waals surface area contributed by atoms with E-state index < -0.39 is 0 Å². The number of H-pyrrole nitrogens is 1. The Balaban J connectivity index is 1.61. The molecule has 1 aromatic carbocycles. The Morgan fingerprint density at radius 1 is 1.12 bits per heavy atom. The molecule has 2 aromatic heterocycles. The lowest BCUT2D eigenvalue weighted by Crippen LogP contribution is -2.32. The molecule has 2 aliphatic rings. The Morgan fingerprint density at radius 2 is 1.96 bits per heavy atom. The van der Waals surface area contributed by atoms with Crippen molar-refractivity contribution in [1.82, 2.24) is 15.3 Å². The number of amides is 1. The SMILES string of the molecule is CC1(C)NC(=O)c2ccc(-c3c[nH]c4nc(C5CCC5)ccc34)cc21. The van der Waals surface area contributed by atoms with Crippen molar-refractivity contribution >= 4 is 16.9 Å². The number of pyridine rings is 1. The summed E-state index contributed by atoms with van der Waals surface area (Å²) in [5.74, 6) is 0.645. The highest BCUT2D eigenvalue weighted by Gasteiger charge is 2.35. The first-order valence-corrected chi connectivity index (χ1v) is 8.98. The summed E-state index contributed by atoms with van der Waals surface area (Å²) in [5, 5.41) is 4.18. The van der Waals surface area contributed by atoms with Gasteiger partial charge in [0.15, 0.2) is 0 Å². The van der Waals surface area contributed by atoms with Crippen LogP contribution in [0.25, 0.3) is 22.2 Å². The van der Waals surface area contributed by atoms with Crippen LogP contribution in [0.5, 0.6) is 0 Å². The number of nitrogens with one attached hydrogen (secondary N) is 2. The summed E-state index contributed by atoms with van der Waals surface area (Å²) >= 11 is 0. The summed E-state index contributed by atoms with van der Waals surface area (Å²) in [6.45, 7) is 4.09. The molecule has 0 atom stereocenters. The van der Waals surface area contributed by atoms with Crippen molar-refractivity contribution in [2.24, 2.45) is 0 Å². The Labute approximate surface area is 146 Å². The number of carbonyl (C=O) groups excluding carboxylic acids is 1. The summed E-state index contributed by atoms with van der Waals surface area (Å²) in [6, 6.07) is 10.5. The van der Waals surface area contributed by atoms with Crippen LogP contribution in [0, 0.1) is 0 Å². The number of nitrogens with zero attached hydrogens (tertiary/aromatic N) is 1. The number of rotatable bonds is 2. The number of fused-ring (bicyclic) bond motifs is 2. The molecule has 4 heteroatoms. The molecule has 1 fully saturated rings. The molecule has 0 unspecified atom stereocenters. The lowest BCUT2D eigenvalue weighted by molar-refractivity contribution is 0.0940. The minimum Gasteiger partial charge on any atom is -0.346 e. The molecule has 126 valence electrons. The van der Waals surface area contributed by atoms with Gasteiger partial charge in [-0.1, -0.05) is 12.5 Å². The molecule has 5 rings (SSSR count). The maximum atomic E-state index is 12.1. The number of carbonyl (C=O) groups is 1. The lowest BCUT2D eigenvalue weighted by Gasteiger charge is -2.24. The molecule has 1 aliphatic heterocycles. The number of aromatic nitrogens is 2. The van der Waals surface area contributed by atoms with Gasteiger partial charge < -0.3 is 10.3 Å². The quantitative estimate of drug-likeness (QED) is 0.727. The van der Waals surface area contributed by atoms with Crippen molar-refractivity contribution in [3.63, 3.8) is 0 Å². The van der Waals surface area contributed by atoms with Gasteiger partial charge in [0.25, 0.3) is 5.91 Å². The first-order valence-electron chi connectivity index (χ1n) is 8.98. The number of aromatic amines is 1. The third kappa shape index (κ3) is 2.13. The van der Waals surface area contributed by atoms with E-state index in [2.05, 4.69) is 28.5 Å². The fraction of sp³-hybridized carbons (Fsp3) is 0.333. The number of benzene rings is 1. The molecule has 3 heterocycles. The van der Waals surface area contributed by atoms with E-state index in [9.17, 15) is 4.79 Å². The van der Waals surface area contributed by atoms with E-state index in [1.807, 2.05) is 32.2 Å². The molecule has 1 amide bonds. The van der Waals surface area contributed by atoms with E-state index in [0.29, 0.717) is 5.92 Å². The van der Waals surface area contributed by atoms with Crippen LogP contribution in [0.3, 0.4) is 0 Å². The molecule has 0 saturated heterocycles. The van der Waals surface area contributed by atoms with E-state index >= 15 is 0 Å². The lowest BCUT2D eigenvalue weighted by atomic mass is 9.82. The van der Waals surface area contributed by atoms with Crippen molar-refractivity contribution in [2.45, 2.75) is 44.6 Å². The first kappa shape index (κ1) is 14.7. The van der Waals surface area contributed by atoms with Gasteiger partial charge in [-0.25, -0.2) is 4.98 Å². The van der Waals surface area contributed by atoms with Crippen LogP contribution in [0.2, 0.25) is 0 Å². The minimum atomic E-state index is -0.329. The molecule has 2 N–H and O–H groups in total. The van der Waals surface area contributed by atoms with Gasteiger partial charge in [0.05, 0.1) is 5.54 Å². The van der Waals surface area contributed by atoms with E-state index in [-0.39, 0.29) is 11.4 Å². The number of hydrogen-bond donors (Lipinski definition) is 2.